The molecule has 1 saturated carbocycles. The minimum absolute atomic E-state index is 0.866. The van der Waals surface area contributed by atoms with E-state index in [-0.39, 0.29) is 0 Å². The molecular weight excluding hydrogens is 242 g/mol. The van der Waals surface area contributed by atoms with Crippen LogP contribution in [0.2, 0.25) is 0 Å². The predicted octanol–water partition coefficient (Wildman–Crippen LogP) is 4.59. The van der Waals surface area contributed by atoms with E-state index in [2.05, 4.69) is 50.4 Å². The summed E-state index contributed by atoms with van der Waals surface area (Å²) in [7, 11) is 0. The molecule has 1 aliphatic rings. The maximum Gasteiger partial charge on any atom is -0.00178 e. The lowest BCUT2D eigenvalue weighted by molar-refractivity contribution is 0.184. The van der Waals surface area contributed by atoms with E-state index in [1.807, 2.05) is 0 Å². The van der Waals surface area contributed by atoms with Gasteiger partial charge in [-0.05, 0) is 69.0 Å². The van der Waals surface area contributed by atoms with Gasteiger partial charge in [-0.2, -0.15) is 0 Å². The number of hydrogen-bond donors (Lipinski definition) is 1. The van der Waals surface area contributed by atoms with Gasteiger partial charge in [0.05, 0.1) is 0 Å². The van der Waals surface area contributed by atoms with Gasteiger partial charge in [0.2, 0.25) is 0 Å². The van der Waals surface area contributed by atoms with Crippen LogP contribution in [0.25, 0.3) is 0 Å². The first kappa shape index (κ1) is 15.6. The van der Waals surface area contributed by atoms with Crippen molar-refractivity contribution in [1.29, 1.82) is 0 Å². The molecule has 3 unspecified atom stereocenters. The number of rotatable bonds is 6. The predicted molar refractivity (Wildman–Crippen MR) is 88.0 cm³/mol. The van der Waals surface area contributed by atoms with Gasteiger partial charge in [-0.15, -0.1) is 0 Å². The Balaban J connectivity index is 1.96. The van der Waals surface area contributed by atoms with Gasteiger partial charge in [-0.25, -0.2) is 0 Å². The molecule has 0 radical (unpaired) electrons. The Bertz CT molecular complexity index is 399. The minimum Gasteiger partial charge on any atom is -0.316 e. The average Bonchev–Trinajstić information content (AvgIpc) is 2.41. The second-order valence-corrected chi connectivity index (χ2v) is 6.84. The monoisotopic (exact) mass is 273 g/mol. The minimum atomic E-state index is 0.866. The molecule has 112 valence electrons. The van der Waals surface area contributed by atoms with Gasteiger partial charge in [-0.3, -0.25) is 0 Å². The molecule has 2 rings (SSSR count). The Kier molecular flexibility index (Phi) is 6.09. The normalized spacial score (nSPS) is 26.6. The zero-order valence-corrected chi connectivity index (χ0v) is 13.5. The zero-order chi connectivity index (χ0) is 14.4. The molecule has 1 nitrogen and oxygen atoms in total. The van der Waals surface area contributed by atoms with E-state index in [1.165, 1.54) is 56.3 Å². The lowest BCUT2D eigenvalue weighted by Crippen LogP contribution is -2.34. The standard InChI is InChI=1S/C19H31N/c1-4-10-20-14-18-9-8-16(3)12-19(18)13-17-7-5-6-15(2)11-17/h5-7,11,16,18-20H,4,8-10,12-14H2,1-3H3. The third-order valence-corrected chi connectivity index (χ3v) is 4.82. The molecule has 0 saturated heterocycles. The van der Waals surface area contributed by atoms with Gasteiger partial charge < -0.3 is 5.32 Å². The van der Waals surface area contributed by atoms with E-state index in [4.69, 9.17) is 0 Å². The summed E-state index contributed by atoms with van der Waals surface area (Å²) in [4.78, 5) is 0. The molecule has 0 aliphatic heterocycles. The molecule has 1 aromatic rings. The summed E-state index contributed by atoms with van der Waals surface area (Å²) < 4.78 is 0. The summed E-state index contributed by atoms with van der Waals surface area (Å²) in [5, 5.41) is 3.65. The Hall–Kier alpha value is -0.820. The molecular formula is C19H31N. The van der Waals surface area contributed by atoms with Crippen molar-refractivity contribution in [2.24, 2.45) is 17.8 Å². The highest BCUT2D eigenvalue weighted by Crippen LogP contribution is 2.35. The van der Waals surface area contributed by atoms with Crippen molar-refractivity contribution >= 4 is 0 Å². The Morgan fingerprint density at radius 3 is 2.80 bits per heavy atom. The van der Waals surface area contributed by atoms with Crippen LogP contribution in [0.1, 0.15) is 50.7 Å². The van der Waals surface area contributed by atoms with Gasteiger partial charge in [-0.1, -0.05) is 50.1 Å². The molecule has 1 aromatic carbocycles. The van der Waals surface area contributed by atoms with Crippen molar-refractivity contribution in [1.82, 2.24) is 5.32 Å². The average molecular weight is 273 g/mol. The maximum absolute atomic E-state index is 3.65. The summed E-state index contributed by atoms with van der Waals surface area (Å²) >= 11 is 0. The fourth-order valence-corrected chi connectivity index (χ4v) is 3.69. The van der Waals surface area contributed by atoms with Crippen LogP contribution in [-0.4, -0.2) is 13.1 Å². The Morgan fingerprint density at radius 1 is 1.20 bits per heavy atom. The molecule has 3 atom stereocenters. The lowest BCUT2D eigenvalue weighted by Gasteiger charge is -2.35. The quantitative estimate of drug-likeness (QED) is 0.748. The summed E-state index contributed by atoms with van der Waals surface area (Å²) in [5.41, 5.74) is 2.93. The molecule has 20 heavy (non-hydrogen) atoms. The van der Waals surface area contributed by atoms with Crippen molar-refractivity contribution in [3.63, 3.8) is 0 Å². The van der Waals surface area contributed by atoms with Crippen LogP contribution in [0.3, 0.4) is 0 Å². The topological polar surface area (TPSA) is 12.0 Å². The lowest BCUT2D eigenvalue weighted by atomic mass is 9.72. The highest BCUT2D eigenvalue weighted by molar-refractivity contribution is 5.22. The van der Waals surface area contributed by atoms with Gasteiger partial charge in [0.1, 0.15) is 0 Å². The largest absolute Gasteiger partial charge is 0.316 e. The first-order valence-corrected chi connectivity index (χ1v) is 8.45. The molecule has 0 heterocycles. The van der Waals surface area contributed by atoms with Gasteiger partial charge in [0.15, 0.2) is 0 Å². The van der Waals surface area contributed by atoms with Crippen LogP contribution in [0.4, 0.5) is 0 Å². The molecule has 1 N–H and O–H groups in total. The fraction of sp³-hybridized carbons (Fsp3) is 0.684. The van der Waals surface area contributed by atoms with Crippen LogP contribution >= 0.6 is 0 Å². The molecule has 1 fully saturated rings. The Labute approximate surface area is 125 Å². The van der Waals surface area contributed by atoms with Gasteiger partial charge >= 0.3 is 0 Å². The number of hydrogen-bond acceptors (Lipinski definition) is 1. The van der Waals surface area contributed by atoms with Crippen molar-refractivity contribution in [2.75, 3.05) is 13.1 Å². The van der Waals surface area contributed by atoms with Crippen LogP contribution in [0, 0.1) is 24.7 Å². The summed E-state index contributed by atoms with van der Waals surface area (Å²) in [6, 6.07) is 9.09. The van der Waals surface area contributed by atoms with E-state index in [1.54, 1.807) is 0 Å². The Morgan fingerprint density at radius 2 is 2.05 bits per heavy atom. The number of benzene rings is 1. The van der Waals surface area contributed by atoms with Crippen LogP contribution < -0.4 is 5.32 Å². The van der Waals surface area contributed by atoms with Crippen LogP contribution in [-0.2, 0) is 6.42 Å². The highest BCUT2D eigenvalue weighted by Gasteiger charge is 2.28. The highest BCUT2D eigenvalue weighted by atomic mass is 14.9. The zero-order valence-electron chi connectivity index (χ0n) is 13.5. The SMILES string of the molecule is CCCNCC1CCC(C)CC1Cc1cccc(C)c1. The van der Waals surface area contributed by atoms with Gasteiger partial charge in [0, 0.05) is 0 Å². The van der Waals surface area contributed by atoms with Crippen molar-refractivity contribution in [3.05, 3.63) is 35.4 Å². The molecule has 0 amide bonds. The van der Waals surface area contributed by atoms with E-state index in [9.17, 15) is 0 Å². The van der Waals surface area contributed by atoms with Crippen molar-refractivity contribution in [3.8, 4) is 0 Å². The number of nitrogens with one attached hydrogen (secondary N) is 1. The second kappa shape index (κ2) is 7.83. The van der Waals surface area contributed by atoms with Crippen molar-refractivity contribution in [2.45, 2.75) is 52.9 Å². The first-order chi connectivity index (χ1) is 9.69. The van der Waals surface area contributed by atoms with E-state index in [0.29, 0.717) is 0 Å². The number of aryl methyl sites for hydroxylation is 1. The van der Waals surface area contributed by atoms with E-state index < -0.39 is 0 Å². The molecule has 0 aromatic heterocycles. The summed E-state index contributed by atoms with van der Waals surface area (Å²) in [6.07, 6.45) is 6.75. The fourth-order valence-electron chi connectivity index (χ4n) is 3.69. The summed E-state index contributed by atoms with van der Waals surface area (Å²) in [6.45, 7) is 9.27. The molecule has 0 spiro atoms. The van der Waals surface area contributed by atoms with Crippen molar-refractivity contribution < 1.29 is 0 Å². The first-order valence-electron chi connectivity index (χ1n) is 8.45. The molecule has 1 aliphatic carbocycles. The molecule has 0 bridgehead atoms. The smallest absolute Gasteiger partial charge is 0.00178 e. The van der Waals surface area contributed by atoms with E-state index >= 15 is 0 Å². The van der Waals surface area contributed by atoms with Crippen LogP contribution in [0.15, 0.2) is 24.3 Å². The summed E-state index contributed by atoms with van der Waals surface area (Å²) in [5.74, 6) is 2.65. The molecule has 1 heteroatoms. The maximum atomic E-state index is 3.65. The second-order valence-electron chi connectivity index (χ2n) is 6.84. The third-order valence-electron chi connectivity index (χ3n) is 4.82. The van der Waals surface area contributed by atoms with Crippen LogP contribution in [0.5, 0.6) is 0 Å². The van der Waals surface area contributed by atoms with E-state index in [0.717, 1.165) is 17.8 Å². The van der Waals surface area contributed by atoms with Gasteiger partial charge in [0.25, 0.3) is 0 Å². The third kappa shape index (κ3) is 4.63.